The van der Waals surface area contributed by atoms with Gasteiger partial charge in [0, 0.05) is 12.2 Å². The number of hydrogen-bond donors (Lipinski definition) is 2. The molecule has 0 unspecified atom stereocenters. The molecule has 0 fully saturated rings. The van der Waals surface area contributed by atoms with Crippen molar-refractivity contribution in [1.29, 1.82) is 0 Å². The van der Waals surface area contributed by atoms with Crippen LogP contribution in [0.1, 0.15) is 35.2 Å². The zero-order chi connectivity index (χ0) is 15.9. The third-order valence-electron chi connectivity index (χ3n) is 2.94. The van der Waals surface area contributed by atoms with Gasteiger partial charge in [-0.15, -0.1) is 0 Å². The number of benzene rings is 1. The predicted molar refractivity (Wildman–Crippen MR) is 80.4 cm³/mol. The third kappa shape index (κ3) is 5.87. The number of carbonyl (C=O) groups is 1. The molecule has 1 amide bonds. The molecule has 0 saturated heterocycles. The molecule has 0 aliphatic carbocycles. The van der Waals surface area contributed by atoms with E-state index < -0.39 is 17.6 Å². The zero-order valence-corrected chi connectivity index (χ0v) is 12.6. The van der Waals surface area contributed by atoms with E-state index in [-0.39, 0.29) is 11.3 Å². The van der Waals surface area contributed by atoms with E-state index in [2.05, 4.69) is 5.32 Å². The minimum atomic E-state index is -4.49. The summed E-state index contributed by atoms with van der Waals surface area (Å²) in [5, 5.41) is 2.60. The van der Waals surface area contributed by atoms with Gasteiger partial charge in [-0.05, 0) is 43.0 Å². The van der Waals surface area contributed by atoms with Gasteiger partial charge in [0.25, 0.3) is 5.91 Å². The van der Waals surface area contributed by atoms with Crippen LogP contribution in [-0.4, -0.2) is 24.5 Å². The standard InChI is InChI=1S/C14H19F3N2OS/c1-21-8-4-2-3-7-19-13(20)11-9-10(14(15,16)17)5-6-12(11)18/h5-6,9H,2-4,7-8,18H2,1H3,(H,19,20). The van der Waals surface area contributed by atoms with Gasteiger partial charge in [-0.25, -0.2) is 0 Å². The van der Waals surface area contributed by atoms with Crippen molar-refractivity contribution in [2.75, 3.05) is 24.3 Å². The van der Waals surface area contributed by atoms with E-state index in [1.807, 2.05) is 6.26 Å². The van der Waals surface area contributed by atoms with E-state index in [0.717, 1.165) is 43.2 Å². The number of anilines is 1. The first kappa shape index (κ1) is 17.7. The Labute approximate surface area is 126 Å². The van der Waals surface area contributed by atoms with Crippen LogP contribution in [0.5, 0.6) is 0 Å². The van der Waals surface area contributed by atoms with Gasteiger partial charge in [0.1, 0.15) is 0 Å². The summed E-state index contributed by atoms with van der Waals surface area (Å²) in [4.78, 5) is 11.9. The van der Waals surface area contributed by atoms with Crippen molar-refractivity contribution >= 4 is 23.4 Å². The van der Waals surface area contributed by atoms with E-state index in [9.17, 15) is 18.0 Å². The van der Waals surface area contributed by atoms with Crippen LogP contribution >= 0.6 is 11.8 Å². The molecule has 1 aromatic rings. The fourth-order valence-corrected chi connectivity index (χ4v) is 2.27. The monoisotopic (exact) mass is 320 g/mol. The van der Waals surface area contributed by atoms with Crippen molar-refractivity contribution in [2.24, 2.45) is 0 Å². The molecule has 0 aliphatic rings. The Morgan fingerprint density at radius 3 is 2.62 bits per heavy atom. The van der Waals surface area contributed by atoms with Crippen LogP contribution in [0.15, 0.2) is 18.2 Å². The Hall–Kier alpha value is -1.37. The first-order chi connectivity index (χ1) is 9.86. The second kappa shape index (κ2) is 8.17. The highest BCUT2D eigenvalue weighted by molar-refractivity contribution is 7.98. The van der Waals surface area contributed by atoms with Gasteiger partial charge < -0.3 is 11.1 Å². The number of rotatable bonds is 7. The molecule has 1 rings (SSSR count). The summed E-state index contributed by atoms with van der Waals surface area (Å²) in [5.41, 5.74) is 4.61. The zero-order valence-electron chi connectivity index (χ0n) is 11.8. The van der Waals surface area contributed by atoms with Crippen LogP contribution in [0.3, 0.4) is 0 Å². The number of amides is 1. The van der Waals surface area contributed by atoms with Gasteiger partial charge in [0.05, 0.1) is 11.1 Å². The molecule has 118 valence electrons. The van der Waals surface area contributed by atoms with Crippen LogP contribution < -0.4 is 11.1 Å². The second-order valence-electron chi connectivity index (χ2n) is 4.61. The number of unbranched alkanes of at least 4 members (excludes halogenated alkanes) is 2. The molecule has 0 bridgehead atoms. The van der Waals surface area contributed by atoms with Crippen LogP contribution in [0.2, 0.25) is 0 Å². The number of thioether (sulfide) groups is 1. The highest BCUT2D eigenvalue weighted by Crippen LogP contribution is 2.31. The van der Waals surface area contributed by atoms with E-state index in [1.165, 1.54) is 0 Å². The lowest BCUT2D eigenvalue weighted by Crippen LogP contribution is -2.26. The highest BCUT2D eigenvalue weighted by Gasteiger charge is 2.31. The van der Waals surface area contributed by atoms with Crippen molar-refractivity contribution in [3.05, 3.63) is 29.3 Å². The molecule has 7 heteroatoms. The maximum atomic E-state index is 12.6. The second-order valence-corrected chi connectivity index (χ2v) is 5.59. The van der Waals surface area contributed by atoms with E-state index in [4.69, 9.17) is 5.73 Å². The fourth-order valence-electron chi connectivity index (χ4n) is 1.77. The number of nitrogens with one attached hydrogen (secondary N) is 1. The minimum absolute atomic E-state index is 0.0443. The Morgan fingerprint density at radius 1 is 1.29 bits per heavy atom. The van der Waals surface area contributed by atoms with Gasteiger partial charge in [0.2, 0.25) is 0 Å². The smallest absolute Gasteiger partial charge is 0.398 e. The fraction of sp³-hybridized carbons (Fsp3) is 0.500. The molecule has 3 N–H and O–H groups in total. The number of alkyl halides is 3. The third-order valence-corrected chi connectivity index (χ3v) is 3.63. The largest absolute Gasteiger partial charge is 0.416 e. The van der Waals surface area contributed by atoms with Crippen LogP contribution in [-0.2, 0) is 6.18 Å². The topological polar surface area (TPSA) is 55.1 Å². The lowest BCUT2D eigenvalue weighted by Gasteiger charge is -2.11. The maximum Gasteiger partial charge on any atom is 0.416 e. The maximum absolute atomic E-state index is 12.6. The molecule has 0 aliphatic heterocycles. The molecular weight excluding hydrogens is 301 g/mol. The first-order valence-corrected chi connectivity index (χ1v) is 7.99. The predicted octanol–water partition coefficient (Wildman–Crippen LogP) is 3.55. The lowest BCUT2D eigenvalue weighted by atomic mass is 10.1. The highest BCUT2D eigenvalue weighted by atomic mass is 32.2. The molecule has 0 heterocycles. The van der Waals surface area contributed by atoms with Gasteiger partial charge >= 0.3 is 6.18 Å². The number of hydrogen-bond acceptors (Lipinski definition) is 3. The van der Waals surface area contributed by atoms with Crippen molar-refractivity contribution < 1.29 is 18.0 Å². The van der Waals surface area contributed by atoms with Crippen molar-refractivity contribution in [2.45, 2.75) is 25.4 Å². The Kier molecular flexibility index (Phi) is 6.87. The molecule has 0 radical (unpaired) electrons. The molecule has 21 heavy (non-hydrogen) atoms. The Bertz CT molecular complexity index is 478. The Morgan fingerprint density at radius 2 is 2.00 bits per heavy atom. The van der Waals surface area contributed by atoms with Crippen LogP contribution in [0.4, 0.5) is 18.9 Å². The lowest BCUT2D eigenvalue weighted by molar-refractivity contribution is -0.137. The molecule has 0 atom stereocenters. The van der Waals surface area contributed by atoms with E-state index in [0.29, 0.717) is 6.54 Å². The van der Waals surface area contributed by atoms with Crippen LogP contribution in [0, 0.1) is 0 Å². The molecule has 3 nitrogen and oxygen atoms in total. The summed E-state index contributed by atoms with van der Waals surface area (Å²) in [6, 6.07) is 2.77. The number of halogens is 3. The molecule has 0 spiro atoms. The van der Waals surface area contributed by atoms with Crippen LogP contribution in [0.25, 0.3) is 0 Å². The van der Waals surface area contributed by atoms with Gasteiger partial charge in [0.15, 0.2) is 0 Å². The summed E-state index contributed by atoms with van der Waals surface area (Å²) in [5.74, 6) is 0.498. The quantitative estimate of drug-likeness (QED) is 0.597. The number of carbonyl (C=O) groups excluding carboxylic acids is 1. The summed E-state index contributed by atoms with van der Waals surface area (Å²) in [6.07, 6.45) is 0.367. The van der Waals surface area contributed by atoms with E-state index >= 15 is 0 Å². The normalized spacial score (nSPS) is 11.4. The number of nitrogens with two attached hydrogens (primary N) is 1. The molecule has 0 aromatic heterocycles. The van der Waals surface area contributed by atoms with E-state index in [1.54, 1.807) is 11.8 Å². The molecule has 0 saturated carbocycles. The summed E-state index contributed by atoms with van der Waals surface area (Å²) in [7, 11) is 0. The van der Waals surface area contributed by atoms with Crippen molar-refractivity contribution in [3.63, 3.8) is 0 Å². The average molecular weight is 320 g/mol. The van der Waals surface area contributed by atoms with Crippen molar-refractivity contribution in [3.8, 4) is 0 Å². The van der Waals surface area contributed by atoms with Gasteiger partial charge in [-0.2, -0.15) is 24.9 Å². The summed E-state index contributed by atoms with van der Waals surface area (Å²) in [6.45, 7) is 0.433. The number of nitrogen functional groups attached to an aromatic ring is 1. The van der Waals surface area contributed by atoms with Gasteiger partial charge in [-0.3, -0.25) is 4.79 Å². The Balaban J connectivity index is 2.57. The molecular formula is C14H19F3N2OS. The summed E-state index contributed by atoms with van der Waals surface area (Å²) >= 11 is 1.76. The van der Waals surface area contributed by atoms with Crippen molar-refractivity contribution in [1.82, 2.24) is 5.32 Å². The average Bonchev–Trinajstić information content (AvgIpc) is 2.41. The summed E-state index contributed by atoms with van der Waals surface area (Å²) < 4.78 is 37.8. The SMILES string of the molecule is CSCCCCCNC(=O)c1cc(C(F)(F)F)ccc1N. The minimum Gasteiger partial charge on any atom is -0.398 e. The first-order valence-electron chi connectivity index (χ1n) is 6.60. The van der Waals surface area contributed by atoms with Gasteiger partial charge in [-0.1, -0.05) is 6.42 Å². The molecule has 1 aromatic carbocycles.